The molecule has 1 aromatic carbocycles. The van der Waals surface area contributed by atoms with Crippen LogP contribution in [0.1, 0.15) is 69.2 Å². The fourth-order valence-corrected chi connectivity index (χ4v) is 9.96. The molecule has 0 fully saturated rings. The number of rotatable bonds is 28. The van der Waals surface area contributed by atoms with E-state index in [2.05, 4.69) is 27.1 Å². The van der Waals surface area contributed by atoms with Crippen LogP contribution in [0, 0.1) is 0 Å². The third-order valence-electron chi connectivity index (χ3n) is 5.44. The molecule has 0 radical (unpaired) electrons. The van der Waals surface area contributed by atoms with E-state index < -0.39 is 67.5 Å². The number of carbonyl (C=O) groups is 1. The van der Waals surface area contributed by atoms with Gasteiger partial charge in [0, 0.05) is 12.1 Å². The average molecular weight is 875 g/mol. The molecule has 1 rings (SSSR count). The first-order valence-electron chi connectivity index (χ1n) is 15.0. The number of amides is 1. The number of hydrogen-bond donors (Lipinski definition) is 8. The van der Waals surface area contributed by atoms with Gasteiger partial charge in [0.05, 0.1) is 32.2 Å². The standard InChI is InChI=1S/C22H42NO23P5S/c1-3-11-39-19-16-18(17-20(21(19)41-12-4-2)40-13-9-15-52(36,37)38)22(24)23-10-7-5-6-8-14-42-48(28,29)44-50(32,33)46-51(34,35)45-49(30,31)43-47(25,26)27/h16-17H,3-15H2,1-2H3,(H,23,24)(H,28,29)(H,30,31)(H,32,33)(H,34,35)(H2,25,26,27)(H,36,37,38). The molecule has 1 aromatic rings. The Morgan fingerprint density at radius 2 is 1.13 bits per heavy atom. The van der Waals surface area contributed by atoms with Crippen LogP contribution >= 0.6 is 39.1 Å². The van der Waals surface area contributed by atoms with Gasteiger partial charge in [-0.3, -0.25) is 13.9 Å². The predicted octanol–water partition coefficient (Wildman–Crippen LogP) is 3.79. The molecule has 0 bridgehead atoms. The van der Waals surface area contributed by atoms with Crippen molar-refractivity contribution in [1.29, 1.82) is 0 Å². The first-order valence-corrected chi connectivity index (χ1v) is 24.1. The lowest BCUT2D eigenvalue weighted by Gasteiger charge is -2.19. The predicted molar refractivity (Wildman–Crippen MR) is 177 cm³/mol. The summed E-state index contributed by atoms with van der Waals surface area (Å²) >= 11 is 0. The number of carbonyl (C=O) groups excluding carboxylic acids is 1. The van der Waals surface area contributed by atoms with Crippen LogP contribution in [0.15, 0.2) is 12.1 Å². The van der Waals surface area contributed by atoms with Crippen molar-refractivity contribution < 1.29 is 106 Å². The summed E-state index contributed by atoms with van der Waals surface area (Å²) in [6.45, 7) is 3.81. The normalized spacial score (nSPS) is 16.9. The van der Waals surface area contributed by atoms with Gasteiger partial charge in [-0.05, 0) is 44.2 Å². The molecule has 4 atom stereocenters. The van der Waals surface area contributed by atoms with E-state index in [1.54, 1.807) is 0 Å². The van der Waals surface area contributed by atoms with Crippen LogP contribution in [-0.2, 0) is 54.7 Å². The summed E-state index contributed by atoms with van der Waals surface area (Å²) < 4.78 is 124. The van der Waals surface area contributed by atoms with Crippen molar-refractivity contribution in [3.63, 3.8) is 0 Å². The lowest BCUT2D eigenvalue weighted by molar-refractivity contribution is 0.0950. The molecule has 0 spiro atoms. The minimum absolute atomic E-state index is 0.0427. The summed E-state index contributed by atoms with van der Waals surface area (Å²) in [7, 11) is -33.8. The van der Waals surface area contributed by atoms with Crippen LogP contribution < -0.4 is 19.5 Å². The smallest absolute Gasteiger partial charge is 0.490 e. The van der Waals surface area contributed by atoms with Crippen LogP contribution in [0.2, 0.25) is 0 Å². The highest BCUT2D eigenvalue weighted by molar-refractivity contribution is 7.85. The Kier molecular flexibility index (Phi) is 20.3. The van der Waals surface area contributed by atoms with Gasteiger partial charge in [0.1, 0.15) is 0 Å². The molecule has 1 amide bonds. The van der Waals surface area contributed by atoms with E-state index >= 15 is 0 Å². The van der Waals surface area contributed by atoms with Gasteiger partial charge in [-0.25, -0.2) is 22.8 Å². The van der Waals surface area contributed by atoms with E-state index in [4.69, 9.17) is 33.4 Å². The minimum Gasteiger partial charge on any atom is -0.490 e. The lowest BCUT2D eigenvalue weighted by atomic mass is 10.1. The molecule has 30 heteroatoms. The number of phosphoric acid groups is 5. The molecule has 0 aliphatic carbocycles. The summed E-state index contributed by atoms with van der Waals surface area (Å²) in [5.74, 6) is -0.482. The maximum absolute atomic E-state index is 13.0. The number of hydrogen-bond acceptors (Lipinski definition) is 16. The second-order valence-electron chi connectivity index (χ2n) is 10.2. The fraction of sp³-hybridized carbons (Fsp3) is 0.682. The zero-order chi connectivity index (χ0) is 39.9. The number of phosphoric ester groups is 1. The summed E-state index contributed by atoms with van der Waals surface area (Å²) in [5, 5.41) is 2.70. The third-order valence-corrected chi connectivity index (χ3v) is 13.4. The monoisotopic (exact) mass is 875 g/mol. The maximum Gasteiger partial charge on any atom is 0.490 e. The van der Waals surface area contributed by atoms with Gasteiger partial charge in [0.2, 0.25) is 5.75 Å². The SMILES string of the molecule is CCCOc1cc(C(=O)NCCCCCCOP(=O)(O)OP(=O)(O)OP(=O)(O)OP(=O)(O)OP(=O)(O)O)cc(OCCCS(=O)(=O)O)c1OCCC. The van der Waals surface area contributed by atoms with Gasteiger partial charge in [-0.1, -0.05) is 26.7 Å². The Labute approximate surface area is 298 Å². The Balaban J connectivity index is 2.66. The number of nitrogens with one attached hydrogen (secondary N) is 1. The van der Waals surface area contributed by atoms with Gasteiger partial charge in [0.15, 0.2) is 11.5 Å². The first kappa shape index (κ1) is 48.7. The summed E-state index contributed by atoms with van der Waals surface area (Å²) in [5.41, 5.74) is 0.140. The van der Waals surface area contributed by atoms with E-state index in [0.29, 0.717) is 45.3 Å². The van der Waals surface area contributed by atoms with Crippen molar-refractivity contribution >= 4 is 55.1 Å². The Bertz CT molecular complexity index is 1670. The lowest BCUT2D eigenvalue weighted by Crippen LogP contribution is -2.24. The fourth-order valence-electron chi connectivity index (χ4n) is 3.56. The van der Waals surface area contributed by atoms with E-state index in [1.807, 2.05) is 13.8 Å². The Hall–Kier alpha value is -1.29. The molecule has 52 heavy (non-hydrogen) atoms. The molecule has 0 aromatic heterocycles. The van der Waals surface area contributed by atoms with E-state index in [1.165, 1.54) is 12.1 Å². The quantitative estimate of drug-likeness (QED) is 0.0337. The third kappa shape index (κ3) is 22.2. The number of unbranched alkanes of at least 4 members (excludes halogenated alkanes) is 3. The van der Waals surface area contributed by atoms with Crippen LogP contribution in [0.25, 0.3) is 0 Å². The molecule has 8 N–H and O–H groups in total. The van der Waals surface area contributed by atoms with Crippen molar-refractivity contribution in [3.8, 4) is 17.2 Å². The van der Waals surface area contributed by atoms with E-state index in [0.717, 1.165) is 0 Å². The van der Waals surface area contributed by atoms with Crippen LogP contribution in [0.4, 0.5) is 0 Å². The number of benzene rings is 1. The molecular formula is C22H42NO23P5S. The topological polar surface area (TPSA) is 364 Å². The van der Waals surface area contributed by atoms with Gasteiger partial charge < -0.3 is 48.9 Å². The van der Waals surface area contributed by atoms with Gasteiger partial charge in [-0.2, -0.15) is 25.7 Å². The van der Waals surface area contributed by atoms with Crippen LogP contribution in [0.3, 0.4) is 0 Å². The van der Waals surface area contributed by atoms with Gasteiger partial charge in [-0.15, -0.1) is 0 Å². The summed E-state index contributed by atoms with van der Waals surface area (Å²) in [6, 6.07) is 2.86. The number of ether oxygens (including phenoxy) is 3. The second-order valence-corrected chi connectivity index (χ2v) is 19.4. The van der Waals surface area contributed by atoms with Gasteiger partial charge in [0.25, 0.3) is 16.0 Å². The van der Waals surface area contributed by atoms with Crippen molar-refractivity contribution in [1.82, 2.24) is 5.32 Å². The zero-order valence-electron chi connectivity index (χ0n) is 27.7. The van der Waals surface area contributed by atoms with Crippen molar-refractivity contribution in [2.45, 2.75) is 58.8 Å². The highest BCUT2D eigenvalue weighted by atomic mass is 32.2. The van der Waals surface area contributed by atoms with Crippen molar-refractivity contribution in [3.05, 3.63) is 17.7 Å². The molecule has 0 saturated heterocycles. The molecule has 4 unspecified atom stereocenters. The molecule has 0 saturated carbocycles. The second kappa shape index (κ2) is 21.7. The summed E-state index contributed by atoms with van der Waals surface area (Å²) in [6.07, 6.45) is 2.46. The van der Waals surface area contributed by atoms with E-state index in [9.17, 15) is 50.7 Å². The van der Waals surface area contributed by atoms with Gasteiger partial charge >= 0.3 is 39.1 Å². The molecule has 0 aliphatic rings. The highest BCUT2D eigenvalue weighted by Gasteiger charge is 2.47. The summed E-state index contributed by atoms with van der Waals surface area (Å²) in [4.78, 5) is 67.4. The highest BCUT2D eigenvalue weighted by Crippen LogP contribution is 2.73. The molecule has 304 valence electrons. The average Bonchev–Trinajstić information content (AvgIpc) is 2.94. The maximum atomic E-state index is 13.0. The largest absolute Gasteiger partial charge is 0.490 e. The minimum atomic E-state index is -6.19. The van der Waals surface area contributed by atoms with Crippen molar-refractivity contribution in [2.24, 2.45) is 0 Å². The van der Waals surface area contributed by atoms with Crippen LogP contribution in [-0.4, -0.2) is 87.0 Å². The molecule has 0 heterocycles. The molecule has 0 aliphatic heterocycles. The Morgan fingerprint density at radius 1 is 0.654 bits per heavy atom. The van der Waals surface area contributed by atoms with E-state index in [-0.39, 0.29) is 48.8 Å². The van der Waals surface area contributed by atoms with Crippen LogP contribution in [0.5, 0.6) is 17.2 Å². The van der Waals surface area contributed by atoms with Crippen molar-refractivity contribution in [2.75, 3.05) is 38.7 Å². The molecular weight excluding hydrogens is 833 g/mol. The Morgan fingerprint density at radius 3 is 1.65 bits per heavy atom. The molecule has 24 nitrogen and oxygen atoms in total. The zero-order valence-corrected chi connectivity index (χ0v) is 32.9. The first-order chi connectivity index (χ1) is 23.8.